The van der Waals surface area contributed by atoms with Gasteiger partial charge in [0.05, 0.1) is 19.9 Å². The SMILES string of the molecule is COc1ccc(OCc2ccccn2)c(C=CC(=O)N(C)OC)c1. The van der Waals surface area contributed by atoms with Crippen molar-refractivity contribution in [2.75, 3.05) is 21.3 Å². The van der Waals surface area contributed by atoms with E-state index in [0.717, 1.165) is 16.3 Å². The first-order valence-electron chi connectivity index (χ1n) is 7.34. The van der Waals surface area contributed by atoms with Crippen molar-refractivity contribution in [1.82, 2.24) is 10.0 Å². The summed E-state index contributed by atoms with van der Waals surface area (Å²) in [4.78, 5) is 20.9. The summed E-state index contributed by atoms with van der Waals surface area (Å²) in [6, 6.07) is 11.0. The largest absolute Gasteiger partial charge is 0.497 e. The van der Waals surface area contributed by atoms with Crippen molar-refractivity contribution in [3.05, 3.63) is 59.9 Å². The average Bonchev–Trinajstić information content (AvgIpc) is 2.64. The highest BCUT2D eigenvalue weighted by atomic mass is 16.7. The lowest BCUT2D eigenvalue weighted by atomic mass is 10.1. The number of aromatic nitrogens is 1. The van der Waals surface area contributed by atoms with Crippen molar-refractivity contribution >= 4 is 12.0 Å². The van der Waals surface area contributed by atoms with Crippen LogP contribution in [0.3, 0.4) is 0 Å². The Morgan fingerprint density at radius 2 is 2.08 bits per heavy atom. The Morgan fingerprint density at radius 3 is 2.75 bits per heavy atom. The summed E-state index contributed by atoms with van der Waals surface area (Å²) >= 11 is 0. The Hall–Kier alpha value is -2.86. The number of nitrogens with zero attached hydrogens (tertiary/aromatic N) is 2. The van der Waals surface area contributed by atoms with Crippen molar-refractivity contribution in [1.29, 1.82) is 0 Å². The van der Waals surface area contributed by atoms with Crippen LogP contribution >= 0.6 is 0 Å². The lowest BCUT2D eigenvalue weighted by Crippen LogP contribution is -2.22. The molecule has 0 aliphatic carbocycles. The number of amides is 1. The van der Waals surface area contributed by atoms with E-state index < -0.39 is 0 Å². The molecule has 1 aromatic heterocycles. The van der Waals surface area contributed by atoms with Gasteiger partial charge in [-0.2, -0.15) is 0 Å². The van der Waals surface area contributed by atoms with Gasteiger partial charge in [0.15, 0.2) is 0 Å². The van der Waals surface area contributed by atoms with Gasteiger partial charge in [0.25, 0.3) is 5.91 Å². The summed E-state index contributed by atoms with van der Waals surface area (Å²) in [6.07, 6.45) is 4.78. The molecule has 0 saturated heterocycles. The number of benzene rings is 1. The van der Waals surface area contributed by atoms with E-state index in [1.807, 2.05) is 18.2 Å². The molecule has 0 spiro atoms. The van der Waals surface area contributed by atoms with Crippen molar-refractivity contribution in [3.63, 3.8) is 0 Å². The van der Waals surface area contributed by atoms with Crippen LogP contribution in [-0.2, 0) is 16.2 Å². The molecule has 6 heteroatoms. The standard InChI is InChI=1S/C18H20N2O4/c1-20(23-3)18(21)10-7-14-12-16(22-2)8-9-17(14)24-13-15-6-4-5-11-19-15/h4-12H,13H2,1-3H3. The first kappa shape index (κ1) is 17.5. The Kier molecular flexibility index (Phi) is 6.33. The van der Waals surface area contributed by atoms with E-state index in [9.17, 15) is 4.79 Å². The minimum Gasteiger partial charge on any atom is -0.497 e. The maximum absolute atomic E-state index is 11.8. The number of likely N-dealkylation sites (N-methyl/N-ethyl adjacent to an activating group) is 1. The number of hydrogen-bond acceptors (Lipinski definition) is 5. The molecule has 0 bridgehead atoms. The van der Waals surface area contributed by atoms with Crippen LogP contribution in [0.25, 0.3) is 6.08 Å². The predicted octanol–water partition coefficient (Wildman–Crippen LogP) is 2.70. The zero-order valence-corrected chi connectivity index (χ0v) is 13.9. The molecular weight excluding hydrogens is 308 g/mol. The van der Waals surface area contributed by atoms with Crippen molar-refractivity contribution in [2.45, 2.75) is 6.61 Å². The van der Waals surface area contributed by atoms with Gasteiger partial charge < -0.3 is 9.47 Å². The monoisotopic (exact) mass is 328 g/mol. The third-order valence-corrected chi connectivity index (χ3v) is 3.31. The topological polar surface area (TPSA) is 60.9 Å². The van der Waals surface area contributed by atoms with Gasteiger partial charge >= 0.3 is 0 Å². The number of carbonyl (C=O) groups is 1. The quantitative estimate of drug-likeness (QED) is 0.578. The molecule has 1 amide bonds. The van der Waals surface area contributed by atoms with E-state index in [-0.39, 0.29) is 5.91 Å². The highest BCUT2D eigenvalue weighted by Crippen LogP contribution is 2.26. The highest BCUT2D eigenvalue weighted by Gasteiger charge is 2.07. The molecule has 0 saturated carbocycles. The third-order valence-electron chi connectivity index (χ3n) is 3.31. The number of hydrogen-bond donors (Lipinski definition) is 0. The normalized spacial score (nSPS) is 10.6. The Balaban J connectivity index is 2.18. The molecule has 0 atom stereocenters. The smallest absolute Gasteiger partial charge is 0.269 e. The molecule has 1 aromatic carbocycles. The maximum Gasteiger partial charge on any atom is 0.269 e. The van der Waals surface area contributed by atoms with Gasteiger partial charge in [-0.15, -0.1) is 0 Å². The Labute approximate surface area is 141 Å². The van der Waals surface area contributed by atoms with Crippen LogP contribution in [0.1, 0.15) is 11.3 Å². The predicted molar refractivity (Wildman–Crippen MR) is 90.4 cm³/mol. The van der Waals surface area contributed by atoms with Crippen LogP contribution in [0.4, 0.5) is 0 Å². The number of pyridine rings is 1. The average molecular weight is 328 g/mol. The van der Waals surface area contributed by atoms with E-state index in [4.69, 9.17) is 14.3 Å². The molecule has 0 aliphatic rings. The minimum atomic E-state index is -0.281. The Morgan fingerprint density at radius 1 is 1.25 bits per heavy atom. The maximum atomic E-state index is 11.8. The van der Waals surface area contributed by atoms with Gasteiger partial charge in [-0.1, -0.05) is 6.07 Å². The fourth-order valence-electron chi connectivity index (χ4n) is 1.91. The van der Waals surface area contributed by atoms with Crippen LogP contribution in [0.5, 0.6) is 11.5 Å². The highest BCUT2D eigenvalue weighted by molar-refractivity contribution is 5.91. The summed E-state index contributed by atoms with van der Waals surface area (Å²) < 4.78 is 11.0. The van der Waals surface area contributed by atoms with E-state index >= 15 is 0 Å². The van der Waals surface area contributed by atoms with Gasteiger partial charge in [0, 0.05) is 24.9 Å². The second-order valence-electron chi connectivity index (χ2n) is 4.87. The third kappa shape index (κ3) is 4.82. The van der Waals surface area contributed by atoms with Gasteiger partial charge in [-0.25, -0.2) is 5.06 Å². The summed E-state index contributed by atoms with van der Waals surface area (Å²) in [5.41, 5.74) is 1.54. The molecule has 2 aromatic rings. The number of rotatable bonds is 7. The molecule has 1 heterocycles. The van der Waals surface area contributed by atoms with Gasteiger partial charge in [-0.3, -0.25) is 14.6 Å². The fourth-order valence-corrected chi connectivity index (χ4v) is 1.91. The van der Waals surface area contributed by atoms with E-state index in [2.05, 4.69) is 4.98 Å². The van der Waals surface area contributed by atoms with Crippen LogP contribution in [0.15, 0.2) is 48.7 Å². The molecule has 0 radical (unpaired) electrons. The van der Waals surface area contributed by atoms with Crippen molar-refractivity contribution in [3.8, 4) is 11.5 Å². The molecule has 0 aliphatic heterocycles. The van der Waals surface area contributed by atoms with Gasteiger partial charge in [0.1, 0.15) is 18.1 Å². The van der Waals surface area contributed by atoms with Crippen molar-refractivity contribution in [2.24, 2.45) is 0 Å². The van der Waals surface area contributed by atoms with E-state index in [1.165, 1.54) is 20.2 Å². The lowest BCUT2D eigenvalue weighted by Gasteiger charge is -2.12. The van der Waals surface area contributed by atoms with Crippen LogP contribution in [-0.4, -0.2) is 37.2 Å². The van der Waals surface area contributed by atoms with Crippen LogP contribution in [0.2, 0.25) is 0 Å². The first-order chi connectivity index (χ1) is 11.6. The minimum absolute atomic E-state index is 0.281. The molecule has 0 fully saturated rings. The zero-order valence-electron chi connectivity index (χ0n) is 13.9. The molecule has 0 N–H and O–H groups in total. The second kappa shape index (κ2) is 8.69. The number of hydroxylamine groups is 2. The van der Waals surface area contributed by atoms with Crippen molar-refractivity contribution < 1.29 is 19.1 Å². The van der Waals surface area contributed by atoms with Crippen LogP contribution in [0, 0.1) is 0 Å². The van der Waals surface area contributed by atoms with Crippen LogP contribution < -0.4 is 9.47 Å². The summed E-state index contributed by atoms with van der Waals surface area (Å²) in [7, 11) is 4.55. The lowest BCUT2D eigenvalue weighted by molar-refractivity contribution is -0.162. The first-order valence-corrected chi connectivity index (χ1v) is 7.34. The molecule has 0 unspecified atom stereocenters. The number of ether oxygens (including phenoxy) is 2. The summed E-state index contributed by atoms with van der Waals surface area (Å²) in [5, 5.41) is 1.13. The zero-order chi connectivity index (χ0) is 17.4. The summed E-state index contributed by atoms with van der Waals surface area (Å²) in [6.45, 7) is 0.333. The molecule has 6 nitrogen and oxygen atoms in total. The van der Waals surface area contributed by atoms with Gasteiger partial charge in [-0.05, 0) is 36.4 Å². The Bertz CT molecular complexity index is 701. The second-order valence-corrected chi connectivity index (χ2v) is 4.87. The van der Waals surface area contributed by atoms with E-state index in [1.54, 1.807) is 37.6 Å². The van der Waals surface area contributed by atoms with E-state index in [0.29, 0.717) is 18.1 Å². The molecule has 2 rings (SSSR count). The number of methoxy groups -OCH3 is 1. The summed E-state index contributed by atoms with van der Waals surface area (Å²) in [5.74, 6) is 1.02. The number of carbonyl (C=O) groups excluding carboxylic acids is 1. The fraction of sp³-hybridized carbons (Fsp3) is 0.222. The molecule has 126 valence electrons. The molecular formula is C18H20N2O4. The molecule has 24 heavy (non-hydrogen) atoms. The van der Waals surface area contributed by atoms with Gasteiger partial charge in [0.2, 0.25) is 0 Å².